The van der Waals surface area contributed by atoms with Crippen molar-refractivity contribution in [2.24, 2.45) is 0 Å². The van der Waals surface area contributed by atoms with Gasteiger partial charge in [-0.25, -0.2) is 4.98 Å². The zero-order valence-electron chi connectivity index (χ0n) is 11.3. The van der Waals surface area contributed by atoms with Crippen molar-refractivity contribution in [3.63, 3.8) is 0 Å². The summed E-state index contributed by atoms with van der Waals surface area (Å²) in [6.45, 7) is 4.75. The molecule has 0 radical (unpaired) electrons. The lowest BCUT2D eigenvalue weighted by atomic mass is 10.1. The fourth-order valence-corrected chi connectivity index (χ4v) is 1.91. The maximum Gasteiger partial charge on any atom is 0.214 e. The van der Waals surface area contributed by atoms with Crippen molar-refractivity contribution in [2.45, 2.75) is 32.3 Å². The first kappa shape index (κ1) is 13.9. The van der Waals surface area contributed by atoms with Crippen LogP contribution < -0.4 is 4.74 Å². The third kappa shape index (κ3) is 3.97. The second-order valence-corrected chi connectivity index (χ2v) is 5.07. The number of hydrogen-bond acceptors (Lipinski definition) is 2. The molecule has 1 heterocycles. The van der Waals surface area contributed by atoms with Gasteiger partial charge >= 0.3 is 0 Å². The topological polar surface area (TPSA) is 22.1 Å². The number of halogens is 1. The molecule has 0 spiro atoms. The Morgan fingerprint density at radius 3 is 2.47 bits per heavy atom. The van der Waals surface area contributed by atoms with Crippen LogP contribution in [0, 0.1) is 0 Å². The number of alkyl halides is 1. The van der Waals surface area contributed by atoms with E-state index in [0.29, 0.717) is 24.3 Å². The molecular formula is C16H18ClNO. The summed E-state index contributed by atoms with van der Waals surface area (Å²) in [6.07, 6.45) is 0. The molecule has 1 aromatic carbocycles. The van der Waals surface area contributed by atoms with Crippen LogP contribution in [0.3, 0.4) is 0 Å². The largest absolute Gasteiger partial charge is 0.473 e. The van der Waals surface area contributed by atoms with Crippen molar-refractivity contribution < 1.29 is 4.74 Å². The van der Waals surface area contributed by atoms with Gasteiger partial charge in [0.25, 0.3) is 0 Å². The molecule has 0 aliphatic heterocycles. The number of aromatic nitrogens is 1. The predicted octanol–water partition coefficient (Wildman–Crippen LogP) is 4.52. The van der Waals surface area contributed by atoms with E-state index >= 15 is 0 Å². The summed E-state index contributed by atoms with van der Waals surface area (Å²) >= 11 is 5.91. The number of pyridine rings is 1. The van der Waals surface area contributed by atoms with E-state index in [9.17, 15) is 0 Å². The predicted molar refractivity (Wildman–Crippen MR) is 78.7 cm³/mol. The molecule has 2 rings (SSSR count). The summed E-state index contributed by atoms with van der Waals surface area (Å²) in [4.78, 5) is 4.52. The number of nitrogens with zero attached hydrogens (tertiary/aromatic N) is 1. The summed E-state index contributed by atoms with van der Waals surface area (Å²) in [5.41, 5.74) is 3.19. The molecule has 2 aromatic rings. The second-order valence-electron chi connectivity index (χ2n) is 4.80. The molecular weight excluding hydrogens is 258 g/mol. The van der Waals surface area contributed by atoms with Crippen LogP contribution in [0.25, 0.3) is 0 Å². The quantitative estimate of drug-likeness (QED) is 0.749. The fourth-order valence-electron chi connectivity index (χ4n) is 1.76. The summed E-state index contributed by atoms with van der Waals surface area (Å²) in [5.74, 6) is 1.48. The van der Waals surface area contributed by atoms with Crippen LogP contribution >= 0.6 is 11.6 Å². The molecule has 100 valence electrons. The molecule has 0 aliphatic rings. The minimum Gasteiger partial charge on any atom is -0.473 e. The van der Waals surface area contributed by atoms with Gasteiger partial charge in [-0.05, 0) is 23.1 Å². The van der Waals surface area contributed by atoms with E-state index in [2.05, 4.69) is 18.8 Å². The fraction of sp³-hybridized carbons (Fsp3) is 0.312. The minimum atomic E-state index is 0.363. The highest BCUT2D eigenvalue weighted by molar-refractivity contribution is 6.17. The number of ether oxygens (including phenoxy) is 1. The maximum atomic E-state index is 5.91. The monoisotopic (exact) mass is 275 g/mol. The summed E-state index contributed by atoms with van der Waals surface area (Å²) in [6, 6.07) is 14.0. The van der Waals surface area contributed by atoms with Crippen molar-refractivity contribution >= 4 is 11.6 Å². The van der Waals surface area contributed by atoms with E-state index in [1.54, 1.807) is 0 Å². The van der Waals surface area contributed by atoms with Crippen molar-refractivity contribution in [3.8, 4) is 5.88 Å². The van der Waals surface area contributed by atoms with E-state index < -0.39 is 0 Å². The van der Waals surface area contributed by atoms with Gasteiger partial charge in [0.05, 0.1) is 0 Å². The molecule has 0 bridgehead atoms. The van der Waals surface area contributed by atoms with Gasteiger partial charge in [-0.1, -0.05) is 44.2 Å². The standard InChI is InChI=1S/C16H18ClNO/c1-12(2)15-8-14(10-17)9-16(18-15)19-11-13-6-4-3-5-7-13/h3-9,12H,10-11H2,1-2H3. The number of rotatable bonds is 5. The third-order valence-electron chi connectivity index (χ3n) is 2.86. The van der Waals surface area contributed by atoms with Gasteiger partial charge in [-0.3, -0.25) is 0 Å². The Bertz CT molecular complexity index is 526. The van der Waals surface area contributed by atoms with Gasteiger partial charge in [0.15, 0.2) is 0 Å². The maximum absolute atomic E-state index is 5.91. The van der Waals surface area contributed by atoms with Gasteiger partial charge < -0.3 is 4.74 Å². The Morgan fingerprint density at radius 1 is 1.11 bits per heavy atom. The van der Waals surface area contributed by atoms with E-state index in [0.717, 1.165) is 16.8 Å². The first-order chi connectivity index (χ1) is 9.19. The average molecular weight is 276 g/mol. The smallest absolute Gasteiger partial charge is 0.214 e. The molecule has 0 saturated carbocycles. The zero-order valence-corrected chi connectivity index (χ0v) is 12.0. The Labute approximate surface area is 119 Å². The van der Waals surface area contributed by atoms with E-state index in [1.165, 1.54) is 0 Å². The van der Waals surface area contributed by atoms with Crippen LogP contribution in [0.5, 0.6) is 5.88 Å². The average Bonchev–Trinajstić information content (AvgIpc) is 2.45. The molecule has 2 nitrogen and oxygen atoms in total. The highest BCUT2D eigenvalue weighted by atomic mass is 35.5. The molecule has 0 fully saturated rings. The van der Waals surface area contributed by atoms with Gasteiger partial charge in [0.1, 0.15) is 6.61 Å². The summed E-state index contributed by atoms with van der Waals surface area (Å²) in [7, 11) is 0. The van der Waals surface area contributed by atoms with Crippen LogP contribution in [0.4, 0.5) is 0 Å². The van der Waals surface area contributed by atoms with E-state index in [1.807, 2.05) is 42.5 Å². The van der Waals surface area contributed by atoms with Gasteiger partial charge in [-0.2, -0.15) is 0 Å². The van der Waals surface area contributed by atoms with Crippen molar-refractivity contribution in [2.75, 3.05) is 0 Å². The van der Waals surface area contributed by atoms with Gasteiger partial charge in [-0.15, -0.1) is 11.6 Å². The molecule has 1 aromatic heterocycles. The molecule has 0 unspecified atom stereocenters. The lowest BCUT2D eigenvalue weighted by molar-refractivity contribution is 0.292. The normalized spacial score (nSPS) is 10.7. The van der Waals surface area contributed by atoms with Crippen LogP contribution in [0.15, 0.2) is 42.5 Å². The Balaban J connectivity index is 2.13. The minimum absolute atomic E-state index is 0.363. The lowest BCUT2D eigenvalue weighted by Gasteiger charge is -2.11. The molecule has 3 heteroatoms. The molecule has 0 saturated heterocycles. The molecule has 0 amide bonds. The van der Waals surface area contributed by atoms with Crippen LogP contribution in [0.1, 0.15) is 36.6 Å². The van der Waals surface area contributed by atoms with Crippen LogP contribution in [0.2, 0.25) is 0 Å². The third-order valence-corrected chi connectivity index (χ3v) is 3.17. The van der Waals surface area contributed by atoms with Crippen LogP contribution in [-0.4, -0.2) is 4.98 Å². The molecule has 0 atom stereocenters. The molecule has 0 N–H and O–H groups in total. The summed E-state index contributed by atoms with van der Waals surface area (Å²) in [5, 5.41) is 0. The van der Waals surface area contributed by atoms with Crippen molar-refractivity contribution in [1.29, 1.82) is 0 Å². The Hall–Kier alpha value is -1.54. The van der Waals surface area contributed by atoms with Crippen molar-refractivity contribution in [3.05, 3.63) is 59.3 Å². The number of hydrogen-bond donors (Lipinski definition) is 0. The second kappa shape index (κ2) is 6.58. The summed E-state index contributed by atoms with van der Waals surface area (Å²) < 4.78 is 5.76. The Kier molecular flexibility index (Phi) is 4.80. The highest BCUT2D eigenvalue weighted by Crippen LogP contribution is 2.20. The highest BCUT2D eigenvalue weighted by Gasteiger charge is 2.07. The first-order valence-electron chi connectivity index (χ1n) is 6.42. The van der Waals surface area contributed by atoms with E-state index in [-0.39, 0.29) is 0 Å². The van der Waals surface area contributed by atoms with Gasteiger partial charge in [0.2, 0.25) is 5.88 Å². The number of benzene rings is 1. The van der Waals surface area contributed by atoms with Gasteiger partial charge in [0, 0.05) is 17.6 Å². The van der Waals surface area contributed by atoms with E-state index in [4.69, 9.17) is 16.3 Å². The molecule has 19 heavy (non-hydrogen) atoms. The zero-order chi connectivity index (χ0) is 13.7. The van der Waals surface area contributed by atoms with Crippen LogP contribution in [-0.2, 0) is 12.5 Å². The first-order valence-corrected chi connectivity index (χ1v) is 6.96. The SMILES string of the molecule is CC(C)c1cc(CCl)cc(OCc2ccccc2)n1. The molecule has 0 aliphatic carbocycles. The lowest BCUT2D eigenvalue weighted by Crippen LogP contribution is -2.01. The Morgan fingerprint density at radius 2 is 1.84 bits per heavy atom. The van der Waals surface area contributed by atoms with Crippen molar-refractivity contribution in [1.82, 2.24) is 4.98 Å².